The van der Waals surface area contributed by atoms with E-state index in [1.807, 2.05) is 6.92 Å². The highest BCUT2D eigenvalue weighted by Crippen LogP contribution is 2.40. The number of nitrogens with zero attached hydrogens (tertiary/aromatic N) is 2. The molecule has 1 atom stereocenters. The molecule has 2 heterocycles. The number of thiophene rings is 1. The van der Waals surface area contributed by atoms with E-state index in [0.717, 1.165) is 34.4 Å². The molecule has 6 heteroatoms. The maximum absolute atomic E-state index is 11.5. The Morgan fingerprint density at radius 1 is 1.48 bits per heavy atom. The summed E-state index contributed by atoms with van der Waals surface area (Å²) < 4.78 is 0. The van der Waals surface area contributed by atoms with Gasteiger partial charge in [0.25, 0.3) is 0 Å². The number of fused-ring (bicyclic) bond motifs is 3. The SMILES string of the molecule is CNC(=O)CSc1nc(C)nc2sc3c(c12)CC[C@@H](C)C3. The van der Waals surface area contributed by atoms with Crippen molar-refractivity contribution < 1.29 is 4.79 Å². The molecule has 0 bridgehead atoms. The lowest BCUT2D eigenvalue weighted by molar-refractivity contribution is -0.118. The summed E-state index contributed by atoms with van der Waals surface area (Å²) in [4.78, 5) is 23.2. The van der Waals surface area contributed by atoms with Crippen LogP contribution in [0.4, 0.5) is 0 Å². The molecule has 0 saturated carbocycles. The molecular weight excluding hydrogens is 302 g/mol. The van der Waals surface area contributed by atoms with Crippen molar-refractivity contribution in [1.82, 2.24) is 15.3 Å². The number of aromatic nitrogens is 2. The van der Waals surface area contributed by atoms with Crippen LogP contribution in [0.1, 0.15) is 29.6 Å². The predicted molar refractivity (Wildman–Crippen MR) is 88.1 cm³/mol. The van der Waals surface area contributed by atoms with Crippen molar-refractivity contribution in [2.24, 2.45) is 5.92 Å². The van der Waals surface area contributed by atoms with Gasteiger partial charge in [-0.25, -0.2) is 9.97 Å². The molecular formula is C15H19N3OS2. The molecule has 0 unspecified atom stereocenters. The van der Waals surface area contributed by atoms with Crippen LogP contribution in [0, 0.1) is 12.8 Å². The summed E-state index contributed by atoms with van der Waals surface area (Å²) in [5, 5.41) is 4.82. The van der Waals surface area contributed by atoms with Crippen molar-refractivity contribution in [2.45, 2.75) is 38.1 Å². The second kappa shape index (κ2) is 5.93. The number of hydrogen-bond donors (Lipinski definition) is 1. The Morgan fingerprint density at radius 3 is 3.05 bits per heavy atom. The zero-order valence-corrected chi connectivity index (χ0v) is 14.2. The van der Waals surface area contributed by atoms with Gasteiger partial charge in [-0.1, -0.05) is 18.7 Å². The van der Waals surface area contributed by atoms with Gasteiger partial charge in [-0.3, -0.25) is 4.79 Å². The number of carbonyl (C=O) groups excluding carboxylic acids is 1. The van der Waals surface area contributed by atoms with Crippen molar-refractivity contribution in [3.63, 3.8) is 0 Å². The van der Waals surface area contributed by atoms with E-state index in [1.165, 1.54) is 34.0 Å². The van der Waals surface area contributed by atoms with E-state index in [9.17, 15) is 4.79 Å². The lowest BCUT2D eigenvalue weighted by atomic mass is 9.89. The summed E-state index contributed by atoms with van der Waals surface area (Å²) in [5.41, 5.74) is 1.42. The Balaban J connectivity index is 2.04. The third kappa shape index (κ3) is 2.92. The molecule has 0 spiro atoms. The van der Waals surface area contributed by atoms with Gasteiger partial charge in [-0.05, 0) is 37.7 Å². The molecule has 0 aliphatic heterocycles. The first-order chi connectivity index (χ1) is 10.1. The summed E-state index contributed by atoms with van der Waals surface area (Å²) >= 11 is 3.33. The minimum Gasteiger partial charge on any atom is -0.358 e. The third-order valence-corrected chi connectivity index (χ3v) is 5.98. The molecule has 1 aliphatic rings. The molecule has 2 aromatic rings. The Morgan fingerprint density at radius 2 is 2.29 bits per heavy atom. The van der Waals surface area contributed by atoms with Crippen molar-refractivity contribution in [3.8, 4) is 0 Å². The summed E-state index contributed by atoms with van der Waals surface area (Å²) in [5.74, 6) is 1.97. The molecule has 2 aromatic heterocycles. The number of carbonyl (C=O) groups is 1. The van der Waals surface area contributed by atoms with Gasteiger partial charge in [-0.15, -0.1) is 11.3 Å². The molecule has 0 radical (unpaired) electrons. The molecule has 1 aliphatic carbocycles. The third-order valence-electron chi connectivity index (χ3n) is 3.85. The number of nitrogens with one attached hydrogen (secondary N) is 1. The predicted octanol–water partition coefficient (Wildman–Crippen LogP) is 2.96. The zero-order valence-electron chi connectivity index (χ0n) is 12.5. The van der Waals surface area contributed by atoms with Crippen LogP contribution in [-0.2, 0) is 17.6 Å². The minimum absolute atomic E-state index is 0.0298. The van der Waals surface area contributed by atoms with E-state index < -0.39 is 0 Å². The van der Waals surface area contributed by atoms with Gasteiger partial charge in [-0.2, -0.15) is 0 Å². The average molecular weight is 321 g/mol. The fourth-order valence-electron chi connectivity index (χ4n) is 2.72. The quantitative estimate of drug-likeness (QED) is 0.697. The Bertz CT molecular complexity index is 696. The van der Waals surface area contributed by atoms with E-state index in [4.69, 9.17) is 0 Å². The Hall–Kier alpha value is -1.14. The van der Waals surface area contributed by atoms with Crippen LogP contribution >= 0.6 is 23.1 Å². The van der Waals surface area contributed by atoms with Crippen molar-refractivity contribution in [1.29, 1.82) is 0 Å². The van der Waals surface area contributed by atoms with Gasteiger partial charge in [0, 0.05) is 17.3 Å². The molecule has 4 nitrogen and oxygen atoms in total. The monoisotopic (exact) mass is 321 g/mol. The largest absolute Gasteiger partial charge is 0.358 e. The van der Waals surface area contributed by atoms with E-state index >= 15 is 0 Å². The number of rotatable bonds is 3. The van der Waals surface area contributed by atoms with Crippen molar-refractivity contribution in [2.75, 3.05) is 12.8 Å². The molecule has 1 N–H and O–H groups in total. The molecule has 1 amide bonds. The van der Waals surface area contributed by atoms with Gasteiger partial charge in [0.05, 0.1) is 5.75 Å². The van der Waals surface area contributed by atoms with Crippen LogP contribution in [-0.4, -0.2) is 28.7 Å². The lowest BCUT2D eigenvalue weighted by Crippen LogP contribution is -2.19. The summed E-state index contributed by atoms with van der Waals surface area (Å²) in [6.45, 7) is 4.23. The molecule has 3 rings (SSSR count). The number of amides is 1. The van der Waals surface area contributed by atoms with E-state index in [2.05, 4.69) is 22.2 Å². The van der Waals surface area contributed by atoms with Gasteiger partial charge in [0.2, 0.25) is 5.91 Å². The molecule has 112 valence electrons. The van der Waals surface area contributed by atoms with Crippen LogP contribution in [0.5, 0.6) is 0 Å². The van der Waals surface area contributed by atoms with Crippen LogP contribution in [0.15, 0.2) is 5.03 Å². The number of thioether (sulfide) groups is 1. The summed E-state index contributed by atoms with van der Waals surface area (Å²) in [7, 11) is 1.66. The number of hydrogen-bond acceptors (Lipinski definition) is 5. The number of aryl methyl sites for hydroxylation is 2. The van der Waals surface area contributed by atoms with Gasteiger partial charge >= 0.3 is 0 Å². The molecule has 21 heavy (non-hydrogen) atoms. The lowest BCUT2D eigenvalue weighted by Gasteiger charge is -2.18. The summed E-state index contributed by atoms with van der Waals surface area (Å²) in [6.07, 6.45) is 3.48. The molecule has 0 saturated heterocycles. The smallest absolute Gasteiger partial charge is 0.230 e. The molecule has 0 aromatic carbocycles. The highest BCUT2D eigenvalue weighted by Gasteiger charge is 2.23. The van der Waals surface area contributed by atoms with E-state index in [-0.39, 0.29) is 5.91 Å². The van der Waals surface area contributed by atoms with Gasteiger partial charge in [0.15, 0.2) is 0 Å². The average Bonchev–Trinajstić information content (AvgIpc) is 2.80. The van der Waals surface area contributed by atoms with Crippen molar-refractivity contribution in [3.05, 3.63) is 16.3 Å². The second-order valence-corrected chi connectivity index (χ2v) is 7.62. The first-order valence-corrected chi connectivity index (χ1v) is 9.01. The van der Waals surface area contributed by atoms with Crippen LogP contribution in [0.25, 0.3) is 10.2 Å². The summed E-state index contributed by atoms with van der Waals surface area (Å²) in [6, 6.07) is 0. The van der Waals surface area contributed by atoms with Gasteiger partial charge < -0.3 is 5.32 Å². The fourth-order valence-corrected chi connectivity index (χ4v) is 5.19. The Labute approximate surface area is 132 Å². The first-order valence-electron chi connectivity index (χ1n) is 7.20. The normalized spacial score (nSPS) is 17.8. The van der Waals surface area contributed by atoms with Crippen LogP contribution in [0.3, 0.4) is 0 Å². The van der Waals surface area contributed by atoms with E-state index in [1.54, 1.807) is 18.4 Å². The van der Waals surface area contributed by atoms with Crippen LogP contribution < -0.4 is 5.32 Å². The topological polar surface area (TPSA) is 54.9 Å². The van der Waals surface area contributed by atoms with Crippen molar-refractivity contribution >= 4 is 39.2 Å². The first kappa shape index (κ1) is 14.8. The van der Waals surface area contributed by atoms with Gasteiger partial charge in [0.1, 0.15) is 15.7 Å². The standard InChI is InChI=1S/C15H19N3OS2/c1-8-4-5-10-11(6-8)21-15-13(10)14(17-9(2)18-15)20-7-12(19)16-3/h8H,4-7H2,1-3H3,(H,16,19)/t8-/m1/s1. The zero-order chi connectivity index (χ0) is 15.0. The Kier molecular flexibility index (Phi) is 4.17. The highest BCUT2D eigenvalue weighted by molar-refractivity contribution is 8.00. The second-order valence-electron chi connectivity index (χ2n) is 5.57. The molecule has 0 fully saturated rings. The highest BCUT2D eigenvalue weighted by atomic mass is 32.2. The minimum atomic E-state index is 0.0298. The maximum atomic E-state index is 11.5. The van der Waals surface area contributed by atoms with E-state index in [0.29, 0.717) is 5.75 Å². The van der Waals surface area contributed by atoms with Crippen LogP contribution in [0.2, 0.25) is 0 Å². The maximum Gasteiger partial charge on any atom is 0.230 e. The fraction of sp³-hybridized carbons (Fsp3) is 0.533.